The van der Waals surface area contributed by atoms with Gasteiger partial charge >= 0.3 is 0 Å². The van der Waals surface area contributed by atoms with Crippen LogP contribution >= 0.6 is 0 Å². The number of likely N-dealkylation sites (tertiary alicyclic amines) is 1. The maximum absolute atomic E-state index is 12.3. The van der Waals surface area contributed by atoms with Crippen molar-refractivity contribution in [2.45, 2.75) is 25.5 Å². The van der Waals surface area contributed by atoms with Crippen LogP contribution in [-0.2, 0) is 6.54 Å². The minimum Gasteiger partial charge on any atom is -0.393 e. The number of piperidine rings is 1. The van der Waals surface area contributed by atoms with Crippen molar-refractivity contribution in [1.29, 1.82) is 0 Å². The van der Waals surface area contributed by atoms with Gasteiger partial charge in [-0.2, -0.15) is 5.10 Å². The lowest BCUT2D eigenvalue weighted by molar-refractivity contribution is 0.0780. The smallest absolute Gasteiger partial charge is 0.262 e. The monoisotopic (exact) mass is 325 g/mol. The van der Waals surface area contributed by atoms with Crippen LogP contribution in [0, 0.1) is 0 Å². The largest absolute Gasteiger partial charge is 0.393 e. The Morgan fingerprint density at radius 2 is 1.96 bits per heavy atom. The Morgan fingerprint density at radius 3 is 2.71 bits per heavy atom. The third kappa shape index (κ3) is 2.83. The van der Waals surface area contributed by atoms with Gasteiger partial charge in [-0.15, -0.1) is 0 Å². The van der Waals surface area contributed by atoms with Crippen molar-refractivity contribution < 1.29 is 5.11 Å². The van der Waals surface area contributed by atoms with E-state index in [4.69, 9.17) is 0 Å². The van der Waals surface area contributed by atoms with Crippen molar-refractivity contribution >= 4 is 11.0 Å². The number of fused-ring (bicyclic) bond motifs is 1. The summed E-state index contributed by atoms with van der Waals surface area (Å²) in [5.41, 5.74) is 1.27. The molecule has 0 amide bonds. The number of nitrogens with one attached hydrogen (secondary N) is 1. The first-order chi connectivity index (χ1) is 11.7. The number of rotatable bonds is 3. The molecule has 7 heteroatoms. The summed E-state index contributed by atoms with van der Waals surface area (Å²) in [7, 11) is 0. The molecule has 3 heterocycles. The first-order valence-electron chi connectivity index (χ1n) is 8.13. The van der Waals surface area contributed by atoms with Gasteiger partial charge in [0.2, 0.25) is 0 Å². The quantitative estimate of drug-likeness (QED) is 0.752. The Kier molecular flexibility index (Phi) is 3.87. The Morgan fingerprint density at radius 1 is 1.21 bits per heavy atom. The number of nitrogens with zero attached hydrogens (tertiary/aromatic N) is 4. The van der Waals surface area contributed by atoms with E-state index in [0.29, 0.717) is 23.4 Å². The van der Waals surface area contributed by atoms with Crippen molar-refractivity contribution in [3.8, 4) is 5.69 Å². The van der Waals surface area contributed by atoms with E-state index in [9.17, 15) is 9.90 Å². The van der Waals surface area contributed by atoms with E-state index in [1.54, 1.807) is 10.9 Å². The Labute approximate surface area is 138 Å². The molecule has 1 aliphatic heterocycles. The molecule has 124 valence electrons. The van der Waals surface area contributed by atoms with Gasteiger partial charge in [-0.05, 0) is 25.0 Å². The molecule has 0 saturated carbocycles. The fourth-order valence-electron chi connectivity index (χ4n) is 3.09. The first-order valence-corrected chi connectivity index (χ1v) is 8.13. The van der Waals surface area contributed by atoms with Crippen LogP contribution in [0.3, 0.4) is 0 Å². The SMILES string of the molecule is O=c1[nH]c(CN2CCC(O)CC2)nc2c1cnn2-c1ccccc1. The zero-order valence-electron chi connectivity index (χ0n) is 13.2. The summed E-state index contributed by atoms with van der Waals surface area (Å²) in [6.45, 7) is 2.18. The molecule has 24 heavy (non-hydrogen) atoms. The van der Waals surface area contributed by atoms with E-state index in [1.807, 2.05) is 30.3 Å². The maximum Gasteiger partial charge on any atom is 0.262 e. The molecule has 3 aromatic rings. The van der Waals surface area contributed by atoms with E-state index >= 15 is 0 Å². The summed E-state index contributed by atoms with van der Waals surface area (Å²) in [5.74, 6) is 0.626. The molecular formula is C17H19N5O2. The molecule has 0 spiro atoms. The van der Waals surface area contributed by atoms with Gasteiger partial charge in [0.25, 0.3) is 5.56 Å². The van der Waals surface area contributed by atoms with Crippen LogP contribution in [0.1, 0.15) is 18.7 Å². The van der Waals surface area contributed by atoms with E-state index in [1.165, 1.54) is 0 Å². The Bertz CT molecular complexity index is 894. The van der Waals surface area contributed by atoms with Crippen LogP contribution in [0.5, 0.6) is 0 Å². The molecule has 1 fully saturated rings. The number of aliphatic hydroxyl groups excluding tert-OH is 1. The first kappa shape index (κ1) is 15.0. The molecule has 2 N–H and O–H groups in total. The Hall–Kier alpha value is -2.51. The van der Waals surface area contributed by atoms with Crippen molar-refractivity contribution in [1.82, 2.24) is 24.6 Å². The minimum absolute atomic E-state index is 0.172. The molecule has 1 aromatic carbocycles. The van der Waals surface area contributed by atoms with Crippen LogP contribution < -0.4 is 5.56 Å². The highest BCUT2D eigenvalue weighted by atomic mass is 16.3. The summed E-state index contributed by atoms with van der Waals surface area (Å²) in [4.78, 5) is 22.0. The lowest BCUT2D eigenvalue weighted by atomic mass is 10.1. The second kappa shape index (κ2) is 6.18. The molecule has 0 atom stereocenters. The number of hydrogen-bond acceptors (Lipinski definition) is 5. The number of hydrogen-bond donors (Lipinski definition) is 2. The molecule has 1 saturated heterocycles. The maximum atomic E-state index is 12.3. The topological polar surface area (TPSA) is 87.0 Å². The molecular weight excluding hydrogens is 306 g/mol. The van der Waals surface area contributed by atoms with Crippen LogP contribution in [0.4, 0.5) is 0 Å². The standard InChI is InChI=1S/C17H19N5O2/c23-13-6-8-21(9-7-13)11-15-19-16-14(17(24)20-15)10-18-22(16)12-4-2-1-3-5-12/h1-5,10,13,23H,6-9,11H2,(H,19,20,24). The normalized spacial score (nSPS) is 16.7. The molecule has 2 aromatic heterocycles. The Balaban J connectivity index is 1.69. The van der Waals surface area contributed by atoms with Gasteiger partial charge in [0.05, 0.1) is 24.5 Å². The molecule has 0 aliphatic carbocycles. The van der Waals surface area contributed by atoms with Gasteiger partial charge < -0.3 is 10.1 Å². The van der Waals surface area contributed by atoms with Gasteiger partial charge in [-0.1, -0.05) is 18.2 Å². The highest BCUT2D eigenvalue weighted by Crippen LogP contribution is 2.15. The molecule has 4 rings (SSSR count). The predicted molar refractivity (Wildman–Crippen MR) is 90.0 cm³/mol. The van der Waals surface area contributed by atoms with Crippen molar-refractivity contribution in [3.05, 3.63) is 52.7 Å². The molecule has 1 aliphatic rings. The van der Waals surface area contributed by atoms with E-state index < -0.39 is 0 Å². The third-order valence-electron chi connectivity index (χ3n) is 4.42. The summed E-state index contributed by atoms with van der Waals surface area (Å²) in [5, 5.41) is 14.4. The van der Waals surface area contributed by atoms with E-state index in [-0.39, 0.29) is 11.7 Å². The molecule has 0 unspecified atom stereocenters. The number of H-pyrrole nitrogens is 1. The van der Waals surface area contributed by atoms with Gasteiger partial charge in [-0.3, -0.25) is 9.69 Å². The van der Waals surface area contributed by atoms with Gasteiger partial charge in [0, 0.05) is 13.1 Å². The second-order valence-electron chi connectivity index (χ2n) is 6.15. The highest BCUT2D eigenvalue weighted by Gasteiger charge is 2.19. The fourth-order valence-corrected chi connectivity index (χ4v) is 3.09. The van der Waals surface area contributed by atoms with Crippen LogP contribution in [0.25, 0.3) is 16.7 Å². The average molecular weight is 325 g/mol. The predicted octanol–water partition coefficient (Wildman–Crippen LogP) is 1.07. The van der Waals surface area contributed by atoms with Gasteiger partial charge in [0.15, 0.2) is 5.65 Å². The fraction of sp³-hybridized carbons (Fsp3) is 0.353. The lowest BCUT2D eigenvalue weighted by Crippen LogP contribution is -2.36. The number of aromatic nitrogens is 4. The summed E-state index contributed by atoms with van der Waals surface area (Å²) >= 11 is 0. The third-order valence-corrected chi connectivity index (χ3v) is 4.42. The van der Waals surface area contributed by atoms with Crippen LogP contribution in [0.2, 0.25) is 0 Å². The molecule has 7 nitrogen and oxygen atoms in total. The number of para-hydroxylation sites is 1. The second-order valence-corrected chi connectivity index (χ2v) is 6.15. The zero-order chi connectivity index (χ0) is 16.5. The molecule has 0 bridgehead atoms. The summed E-state index contributed by atoms with van der Waals surface area (Å²) in [6, 6.07) is 9.65. The van der Waals surface area contributed by atoms with Crippen molar-refractivity contribution in [2.75, 3.05) is 13.1 Å². The van der Waals surface area contributed by atoms with Gasteiger partial charge in [0.1, 0.15) is 11.2 Å². The zero-order valence-corrected chi connectivity index (χ0v) is 13.2. The highest BCUT2D eigenvalue weighted by molar-refractivity contribution is 5.75. The van der Waals surface area contributed by atoms with E-state index in [0.717, 1.165) is 31.6 Å². The lowest BCUT2D eigenvalue weighted by Gasteiger charge is -2.28. The average Bonchev–Trinajstić information content (AvgIpc) is 3.02. The number of aliphatic hydroxyl groups is 1. The van der Waals surface area contributed by atoms with E-state index in [2.05, 4.69) is 20.0 Å². The van der Waals surface area contributed by atoms with Crippen molar-refractivity contribution in [2.24, 2.45) is 0 Å². The summed E-state index contributed by atoms with van der Waals surface area (Å²) in [6.07, 6.45) is 2.85. The summed E-state index contributed by atoms with van der Waals surface area (Å²) < 4.78 is 1.69. The van der Waals surface area contributed by atoms with Crippen LogP contribution in [0.15, 0.2) is 41.3 Å². The van der Waals surface area contributed by atoms with Crippen LogP contribution in [-0.4, -0.2) is 48.9 Å². The molecule has 0 radical (unpaired) electrons. The van der Waals surface area contributed by atoms with Gasteiger partial charge in [-0.25, -0.2) is 9.67 Å². The van der Waals surface area contributed by atoms with Crippen molar-refractivity contribution in [3.63, 3.8) is 0 Å². The minimum atomic E-state index is -0.213. The number of aromatic amines is 1. The number of benzene rings is 1.